The first-order valence-corrected chi connectivity index (χ1v) is 11.0. The molecule has 0 radical (unpaired) electrons. The number of rotatable bonds is 5. The average molecular weight is 411 g/mol. The monoisotopic (exact) mass is 410 g/mol. The van der Waals surface area contributed by atoms with Crippen LogP contribution >= 0.6 is 0 Å². The van der Waals surface area contributed by atoms with Crippen LogP contribution in [0.1, 0.15) is 28.2 Å². The summed E-state index contributed by atoms with van der Waals surface area (Å²) in [5.74, 6) is 2.34. The maximum absolute atomic E-state index is 5.53. The first-order chi connectivity index (χ1) is 15.3. The molecule has 31 heavy (non-hydrogen) atoms. The van der Waals surface area contributed by atoms with Crippen LogP contribution in [0.2, 0.25) is 0 Å². The van der Waals surface area contributed by atoms with Gasteiger partial charge < -0.3 is 14.8 Å². The highest BCUT2D eigenvalue weighted by Crippen LogP contribution is 2.38. The predicted molar refractivity (Wildman–Crippen MR) is 123 cm³/mol. The van der Waals surface area contributed by atoms with Gasteiger partial charge in [-0.1, -0.05) is 72.8 Å². The van der Waals surface area contributed by atoms with Crippen molar-refractivity contribution in [2.45, 2.75) is 24.5 Å². The Morgan fingerprint density at radius 3 is 2.29 bits per heavy atom. The summed E-state index contributed by atoms with van der Waals surface area (Å²) in [7, 11) is 0. The van der Waals surface area contributed by atoms with Crippen LogP contribution < -0.4 is 14.8 Å². The van der Waals surface area contributed by atoms with Gasteiger partial charge >= 0.3 is 0 Å². The van der Waals surface area contributed by atoms with Crippen molar-refractivity contribution in [3.05, 3.63) is 95.1 Å². The van der Waals surface area contributed by atoms with E-state index in [1.807, 2.05) is 12.1 Å². The van der Waals surface area contributed by atoms with Gasteiger partial charge in [-0.15, -0.1) is 0 Å². The zero-order valence-electron chi connectivity index (χ0n) is 17.4. The Kier molecular flexibility index (Phi) is 4.74. The fraction of sp³-hybridized carbons (Fsp3) is 0.259. The molecule has 7 rings (SSSR count). The van der Waals surface area contributed by atoms with Gasteiger partial charge in [0.25, 0.3) is 0 Å². The van der Waals surface area contributed by atoms with Crippen LogP contribution in [0.15, 0.2) is 72.8 Å². The van der Waals surface area contributed by atoms with Crippen LogP contribution in [0, 0.1) is 0 Å². The van der Waals surface area contributed by atoms with Gasteiger partial charge in [0.15, 0.2) is 11.5 Å². The molecular weight excluding hydrogens is 384 g/mol. The summed E-state index contributed by atoms with van der Waals surface area (Å²) in [6.07, 6.45) is 4.36. The molecule has 0 aromatic heterocycles. The van der Waals surface area contributed by atoms with E-state index in [1.165, 1.54) is 22.3 Å². The van der Waals surface area contributed by atoms with E-state index in [0.29, 0.717) is 24.8 Å². The normalized spacial score (nSPS) is 24.3. The summed E-state index contributed by atoms with van der Waals surface area (Å²) in [6.45, 7) is 3.44. The Morgan fingerprint density at radius 2 is 1.52 bits per heavy atom. The summed E-state index contributed by atoms with van der Waals surface area (Å²) < 4.78 is 11.0. The average Bonchev–Trinajstić information content (AvgIpc) is 3.27. The molecule has 1 unspecified atom stereocenters. The van der Waals surface area contributed by atoms with E-state index < -0.39 is 0 Å². The minimum Gasteiger partial charge on any atom is -0.454 e. The number of piperazine rings is 1. The maximum Gasteiger partial charge on any atom is 0.231 e. The van der Waals surface area contributed by atoms with Gasteiger partial charge in [0, 0.05) is 37.6 Å². The smallest absolute Gasteiger partial charge is 0.231 e. The highest BCUT2D eigenvalue weighted by Gasteiger charge is 2.46. The second kappa shape index (κ2) is 7.88. The number of nitrogens with zero attached hydrogens (tertiary/aromatic N) is 1. The lowest BCUT2D eigenvalue weighted by molar-refractivity contribution is 0.0470. The summed E-state index contributed by atoms with van der Waals surface area (Å²) in [5.41, 5.74) is 5.21. The standard InChI is InChI=1S/C27H26N2O2/c1-2-4-19(5-3-1)6-7-20-8-11-22(12-9-20)27-23-16-29(17-24(27)28-23)15-21-10-13-25-26(14-21)31-18-30-25/h1-14,23-24,27-28H,15-18H2/t23-,24+,27?. The van der Waals surface area contributed by atoms with Gasteiger partial charge in [0.2, 0.25) is 6.79 Å². The summed E-state index contributed by atoms with van der Waals surface area (Å²) in [5, 5.41) is 3.75. The molecule has 3 saturated heterocycles. The molecule has 3 fully saturated rings. The van der Waals surface area contributed by atoms with E-state index in [2.05, 4.69) is 83.0 Å². The van der Waals surface area contributed by atoms with Crippen LogP contribution in [-0.2, 0) is 6.54 Å². The molecule has 0 spiro atoms. The Balaban J connectivity index is 1.08. The van der Waals surface area contributed by atoms with Gasteiger partial charge in [-0.2, -0.15) is 0 Å². The van der Waals surface area contributed by atoms with E-state index in [9.17, 15) is 0 Å². The molecule has 1 N–H and O–H groups in total. The number of hydrogen-bond donors (Lipinski definition) is 1. The third-order valence-electron chi connectivity index (χ3n) is 6.64. The van der Waals surface area contributed by atoms with Gasteiger partial charge in [-0.05, 0) is 34.4 Å². The van der Waals surface area contributed by atoms with Crippen molar-refractivity contribution < 1.29 is 9.47 Å². The summed E-state index contributed by atoms with van der Waals surface area (Å²) in [6, 6.07) is 26.9. The number of piperidine rings is 1. The molecule has 0 amide bonds. The highest BCUT2D eigenvalue weighted by molar-refractivity contribution is 5.69. The van der Waals surface area contributed by atoms with Crippen LogP contribution in [0.5, 0.6) is 11.5 Å². The van der Waals surface area contributed by atoms with E-state index in [0.717, 1.165) is 31.1 Å². The summed E-state index contributed by atoms with van der Waals surface area (Å²) in [4.78, 5) is 2.55. The number of fused-ring (bicyclic) bond motifs is 3. The lowest BCUT2D eigenvalue weighted by Gasteiger charge is -2.55. The SMILES string of the molecule is C(=Cc1ccc(C2[C@@H]3CN(Cc4ccc5c(c4)OCO5)C[C@H]2N3)cc1)c1ccccc1. The molecule has 4 aliphatic rings. The van der Waals surface area contributed by atoms with E-state index in [4.69, 9.17) is 9.47 Å². The number of ether oxygens (including phenoxy) is 2. The number of hydrogen-bond acceptors (Lipinski definition) is 4. The molecule has 3 aromatic rings. The molecular formula is C27H26N2O2. The second-order valence-corrected chi connectivity index (χ2v) is 8.70. The van der Waals surface area contributed by atoms with Crippen molar-refractivity contribution >= 4 is 12.2 Å². The van der Waals surface area contributed by atoms with Gasteiger partial charge in [0.1, 0.15) is 0 Å². The molecule has 4 heterocycles. The Bertz CT molecular complexity index is 1080. The van der Waals surface area contributed by atoms with Crippen LogP contribution in [0.25, 0.3) is 12.2 Å². The third-order valence-corrected chi connectivity index (χ3v) is 6.64. The van der Waals surface area contributed by atoms with Crippen molar-refractivity contribution in [2.75, 3.05) is 19.9 Å². The summed E-state index contributed by atoms with van der Waals surface area (Å²) >= 11 is 0. The van der Waals surface area contributed by atoms with E-state index in [1.54, 1.807) is 0 Å². The van der Waals surface area contributed by atoms with E-state index >= 15 is 0 Å². The van der Waals surface area contributed by atoms with Gasteiger partial charge in [-0.25, -0.2) is 0 Å². The zero-order chi connectivity index (χ0) is 20.6. The molecule has 156 valence electrons. The molecule has 4 heteroatoms. The molecule has 2 bridgehead atoms. The minimum absolute atomic E-state index is 0.332. The van der Waals surface area contributed by atoms with Crippen molar-refractivity contribution in [3.8, 4) is 11.5 Å². The fourth-order valence-electron chi connectivity index (χ4n) is 5.08. The Labute approximate surface area is 183 Å². The lowest BCUT2D eigenvalue weighted by Crippen LogP contribution is -2.71. The minimum atomic E-state index is 0.332. The quantitative estimate of drug-likeness (QED) is 0.627. The highest BCUT2D eigenvalue weighted by atomic mass is 16.7. The number of nitrogens with one attached hydrogen (secondary N) is 1. The van der Waals surface area contributed by atoms with Crippen molar-refractivity contribution in [2.24, 2.45) is 0 Å². The molecule has 4 nitrogen and oxygen atoms in total. The maximum atomic E-state index is 5.53. The Morgan fingerprint density at radius 1 is 0.806 bits per heavy atom. The number of benzene rings is 3. The van der Waals surface area contributed by atoms with Gasteiger partial charge in [0.05, 0.1) is 0 Å². The molecule has 3 aromatic carbocycles. The second-order valence-electron chi connectivity index (χ2n) is 8.70. The first kappa shape index (κ1) is 18.7. The van der Waals surface area contributed by atoms with Crippen LogP contribution in [-0.4, -0.2) is 36.9 Å². The molecule has 3 atom stereocenters. The Hall–Kier alpha value is -3.08. The van der Waals surface area contributed by atoms with Crippen LogP contribution in [0.3, 0.4) is 0 Å². The van der Waals surface area contributed by atoms with Gasteiger partial charge in [-0.3, -0.25) is 4.90 Å². The predicted octanol–water partition coefficient (Wildman–Crippen LogP) is 4.53. The molecule has 0 aliphatic carbocycles. The first-order valence-electron chi connectivity index (χ1n) is 11.0. The van der Waals surface area contributed by atoms with Crippen molar-refractivity contribution in [1.29, 1.82) is 0 Å². The lowest BCUT2D eigenvalue weighted by atomic mass is 9.74. The third kappa shape index (κ3) is 3.73. The van der Waals surface area contributed by atoms with Crippen molar-refractivity contribution in [3.63, 3.8) is 0 Å². The zero-order valence-corrected chi connectivity index (χ0v) is 17.4. The topological polar surface area (TPSA) is 33.7 Å². The fourth-order valence-corrected chi connectivity index (χ4v) is 5.08. The van der Waals surface area contributed by atoms with Crippen molar-refractivity contribution in [1.82, 2.24) is 10.2 Å². The van der Waals surface area contributed by atoms with E-state index in [-0.39, 0.29) is 0 Å². The van der Waals surface area contributed by atoms with Crippen LogP contribution in [0.4, 0.5) is 0 Å². The largest absolute Gasteiger partial charge is 0.454 e. The molecule has 4 aliphatic heterocycles. The molecule has 0 saturated carbocycles.